The van der Waals surface area contributed by atoms with E-state index in [2.05, 4.69) is 6.92 Å². The van der Waals surface area contributed by atoms with E-state index in [4.69, 9.17) is 0 Å². The Kier molecular flexibility index (Phi) is 3.51. The quantitative estimate of drug-likeness (QED) is 0.781. The van der Waals surface area contributed by atoms with Crippen molar-refractivity contribution in [2.75, 3.05) is 6.67 Å². The molecule has 2 nitrogen and oxygen atoms in total. The summed E-state index contributed by atoms with van der Waals surface area (Å²) in [5.41, 5.74) is -0.938. The van der Waals surface area contributed by atoms with Gasteiger partial charge in [0.15, 0.2) is 0 Å². The Morgan fingerprint density at radius 1 is 1.09 bits per heavy atom. The lowest BCUT2D eigenvalue weighted by molar-refractivity contribution is -0.161. The molecular weight excluding hydrogens is 291 g/mol. The highest BCUT2D eigenvalue weighted by Gasteiger charge is 2.62. The van der Waals surface area contributed by atoms with Crippen molar-refractivity contribution in [3.63, 3.8) is 0 Å². The summed E-state index contributed by atoms with van der Waals surface area (Å²) in [4.78, 5) is 12.4. The molecular formula is C20H31FO2. The minimum Gasteiger partial charge on any atom is -0.390 e. The summed E-state index contributed by atoms with van der Waals surface area (Å²) in [5.74, 6) is 2.25. The Labute approximate surface area is 139 Å². The molecule has 0 bridgehead atoms. The summed E-state index contributed by atoms with van der Waals surface area (Å²) in [5, 5.41) is 10.5. The van der Waals surface area contributed by atoms with Crippen molar-refractivity contribution in [3.8, 4) is 0 Å². The second-order valence-electron chi connectivity index (χ2n) is 9.64. The molecule has 4 saturated carbocycles. The topological polar surface area (TPSA) is 37.3 Å². The van der Waals surface area contributed by atoms with Gasteiger partial charge in [0.05, 0.1) is 12.3 Å². The fraction of sp³-hybridized carbons (Fsp3) is 0.950. The lowest BCUT2D eigenvalue weighted by atomic mass is 9.44. The van der Waals surface area contributed by atoms with Crippen LogP contribution in [0.1, 0.15) is 71.6 Å². The van der Waals surface area contributed by atoms with E-state index in [9.17, 15) is 14.3 Å². The van der Waals surface area contributed by atoms with Gasteiger partial charge < -0.3 is 5.11 Å². The van der Waals surface area contributed by atoms with Crippen LogP contribution in [0.3, 0.4) is 0 Å². The molecule has 4 fully saturated rings. The molecule has 0 heterocycles. The van der Waals surface area contributed by atoms with Crippen molar-refractivity contribution < 1.29 is 14.3 Å². The predicted molar refractivity (Wildman–Crippen MR) is 87.7 cm³/mol. The van der Waals surface area contributed by atoms with Gasteiger partial charge in [-0.2, -0.15) is 0 Å². The van der Waals surface area contributed by atoms with E-state index >= 15 is 0 Å². The minimum absolute atomic E-state index is 0.119. The number of fused-ring (bicyclic) bond motifs is 5. The van der Waals surface area contributed by atoms with Gasteiger partial charge in [-0.1, -0.05) is 6.92 Å². The van der Waals surface area contributed by atoms with E-state index in [0.29, 0.717) is 29.5 Å². The molecule has 0 aliphatic heterocycles. The van der Waals surface area contributed by atoms with Gasteiger partial charge in [0.25, 0.3) is 0 Å². The number of hydrogen-bond acceptors (Lipinski definition) is 2. The maximum absolute atomic E-state index is 14.4. The van der Waals surface area contributed by atoms with Crippen LogP contribution in [0.15, 0.2) is 0 Å². The van der Waals surface area contributed by atoms with Gasteiger partial charge in [-0.25, -0.2) is 0 Å². The Hall–Kier alpha value is -0.440. The molecule has 0 amide bonds. The highest BCUT2D eigenvalue weighted by Crippen LogP contribution is 2.66. The zero-order chi connectivity index (χ0) is 16.5. The summed E-state index contributed by atoms with van der Waals surface area (Å²) >= 11 is 0. The molecule has 0 radical (unpaired) electrons. The highest BCUT2D eigenvalue weighted by molar-refractivity contribution is 5.87. The fourth-order valence-electron chi connectivity index (χ4n) is 7.26. The summed E-state index contributed by atoms with van der Waals surface area (Å²) in [7, 11) is 0. The summed E-state index contributed by atoms with van der Waals surface area (Å²) in [6.45, 7) is 3.88. The first-order chi connectivity index (χ1) is 10.8. The standard InChI is InChI=1S/C20H31FO2/c1-18(23)9-10-20(12-21)13(11-18)3-4-14-15-5-6-17(22)19(15,2)8-7-16(14)20/h13-16,23H,3-12H2,1-2H3/t13?,14-,15-,16-,18+,19-,20+/m0/s1. The number of halogens is 1. The zero-order valence-electron chi connectivity index (χ0n) is 14.6. The molecule has 3 heteroatoms. The smallest absolute Gasteiger partial charge is 0.139 e. The lowest BCUT2D eigenvalue weighted by Crippen LogP contribution is -2.57. The molecule has 0 aromatic heterocycles. The molecule has 4 rings (SSSR count). The third-order valence-electron chi connectivity index (χ3n) is 8.61. The zero-order valence-corrected chi connectivity index (χ0v) is 14.6. The van der Waals surface area contributed by atoms with Crippen molar-refractivity contribution in [1.82, 2.24) is 0 Å². The minimum atomic E-state index is -0.608. The van der Waals surface area contributed by atoms with Crippen molar-refractivity contribution in [2.45, 2.75) is 77.2 Å². The molecule has 130 valence electrons. The number of hydrogen-bond donors (Lipinski definition) is 1. The molecule has 1 N–H and O–H groups in total. The molecule has 0 saturated heterocycles. The van der Waals surface area contributed by atoms with Gasteiger partial charge in [0, 0.05) is 17.3 Å². The fourth-order valence-corrected chi connectivity index (χ4v) is 7.26. The molecule has 1 unspecified atom stereocenters. The average Bonchev–Trinajstić information content (AvgIpc) is 2.82. The maximum atomic E-state index is 14.4. The molecule has 7 atom stereocenters. The van der Waals surface area contributed by atoms with Crippen molar-refractivity contribution in [2.24, 2.45) is 34.5 Å². The Bertz CT molecular complexity index is 516. The first-order valence-electron chi connectivity index (χ1n) is 9.64. The van der Waals surface area contributed by atoms with E-state index in [1.165, 1.54) is 0 Å². The van der Waals surface area contributed by atoms with Crippen LogP contribution in [0.5, 0.6) is 0 Å². The third-order valence-corrected chi connectivity index (χ3v) is 8.61. The van der Waals surface area contributed by atoms with Gasteiger partial charge >= 0.3 is 0 Å². The van der Waals surface area contributed by atoms with Crippen LogP contribution in [-0.2, 0) is 4.79 Å². The Morgan fingerprint density at radius 3 is 2.61 bits per heavy atom. The van der Waals surface area contributed by atoms with E-state index in [-0.39, 0.29) is 17.5 Å². The van der Waals surface area contributed by atoms with Crippen LogP contribution < -0.4 is 0 Å². The number of Topliss-reactive ketones (excluding diaryl/α,β-unsaturated/α-hetero) is 1. The van der Waals surface area contributed by atoms with Gasteiger partial charge in [-0.3, -0.25) is 9.18 Å². The van der Waals surface area contributed by atoms with Crippen molar-refractivity contribution >= 4 is 5.78 Å². The molecule has 0 aromatic rings. The normalized spacial score (nSPS) is 55.9. The number of aliphatic hydroxyl groups is 1. The van der Waals surface area contributed by atoms with Crippen LogP contribution in [0.4, 0.5) is 4.39 Å². The highest BCUT2D eigenvalue weighted by atomic mass is 19.1. The molecule has 4 aliphatic rings. The first kappa shape index (κ1) is 16.1. The summed E-state index contributed by atoms with van der Waals surface area (Å²) < 4.78 is 14.4. The van der Waals surface area contributed by atoms with Gasteiger partial charge in [-0.15, -0.1) is 0 Å². The van der Waals surface area contributed by atoms with Crippen LogP contribution in [0, 0.1) is 34.5 Å². The molecule has 4 aliphatic carbocycles. The predicted octanol–water partition coefficient (Wildman–Crippen LogP) is 4.30. The van der Waals surface area contributed by atoms with Crippen LogP contribution in [0.25, 0.3) is 0 Å². The molecule has 0 spiro atoms. The van der Waals surface area contributed by atoms with E-state index in [1.807, 2.05) is 6.92 Å². The number of alkyl halides is 1. The van der Waals surface area contributed by atoms with Crippen molar-refractivity contribution in [1.29, 1.82) is 0 Å². The molecule has 0 aromatic carbocycles. The maximum Gasteiger partial charge on any atom is 0.139 e. The number of carbonyl (C=O) groups excluding carboxylic acids is 1. The summed E-state index contributed by atoms with van der Waals surface area (Å²) in [6, 6.07) is 0. The van der Waals surface area contributed by atoms with E-state index in [1.54, 1.807) is 0 Å². The van der Waals surface area contributed by atoms with E-state index < -0.39 is 5.60 Å². The number of rotatable bonds is 1. The van der Waals surface area contributed by atoms with Gasteiger partial charge in [-0.05, 0) is 82.0 Å². The van der Waals surface area contributed by atoms with Gasteiger partial charge in [0.2, 0.25) is 0 Å². The summed E-state index contributed by atoms with van der Waals surface area (Å²) in [6.07, 6.45) is 8.27. The van der Waals surface area contributed by atoms with Crippen LogP contribution >= 0.6 is 0 Å². The number of ketones is 1. The van der Waals surface area contributed by atoms with Gasteiger partial charge in [0.1, 0.15) is 5.78 Å². The molecule has 23 heavy (non-hydrogen) atoms. The average molecular weight is 322 g/mol. The van der Waals surface area contributed by atoms with E-state index in [0.717, 1.165) is 57.8 Å². The second kappa shape index (κ2) is 5.03. The SMILES string of the molecule is C[C@@]1(O)CC[C@@]2(CF)C(CC[C@@H]3[C@@H]2CC[C@]2(C)C(=O)CC[C@@H]32)C1. The van der Waals surface area contributed by atoms with Crippen LogP contribution in [0.2, 0.25) is 0 Å². The lowest BCUT2D eigenvalue weighted by Gasteiger charge is -2.61. The monoisotopic (exact) mass is 322 g/mol. The number of carbonyl (C=O) groups is 1. The van der Waals surface area contributed by atoms with Crippen molar-refractivity contribution in [3.05, 3.63) is 0 Å². The second-order valence-corrected chi connectivity index (χ2v) is 9.64. The third kappa shape index (κ3) is 2.11. The first-order valence-corrected chi connectivity index (χ1v) is 9.64. The van der Waals surface area contributed by atoms with Crippen LogP contribution in [-0.4, -0.2) is 23.2 Å². The Morgan fingerprint density at radius 2 is 1.87 bits per heavy atom. The largest absolute Gasteiger partial charge is 0.390 e. The Balaban J connectivity index is 1.66.